The Hall–Kier alpha value is -1.01. The topological polar surface area (TPSA) is 38.0 Å². The molecule has 0 saturated heterocycles. The fraction of sp³-hybridized carbons (Fsp3) is 0.143. The van der Waals surface area contributed by atoms with Crippen molar-refractivity contribution in [3.8, 4) is 0 Å². The predicted molar refractivity (Wildman–Crippen MR) is 79.3 cm³/mol. The molecular weight excluding hydrogens is 350 g/mol. The maximum absolute atomic E-state index is 13.9. The van der Waals surface area contributed by atoms with Gasteiger partial charge >= 0.3 is 0 Å². The smallest absolute Gasteiger partial charge is 0.129 e. The van der Waals surface area contributed by atoms with E-state index in [-0.39, 0.29) is 5.82 Å². The minimum absolute atomic E-state index is 0.314. The SMILES string of the molecule is NNC(Cc1cc(F)ccc1Br)c1ccc(Cl)cc1F. The van der Waals surface area contributed by atoms with Gasteiger partial charge in [0, 0.05) is 15.1 Å². The summed E-state index contributed by atoms with van der Waals surface area (Å²) < 4.78 is 27.9. The first kappa shape index (κ1) is 15.4. The summed E-state index contributed by atoms with van der Waals surface area (Å²) in [6, 6.07) is 8.24. The largest absolute Gasteiger partial charge is 0.271 e. The Labute approximate surface area is 129 Å². The fourth-order valence-corrected chi connectivity index (χ4v) is 2.53. The number of hydrazine groups is 1. The van der Waals surface area contributed by atoms with Crippen LogP contribution in [0.5, 0.6) is 0 Å². The Kier molecular flexibility index (Phi) is 5.10. The van der Waals surface area contributed by atoms with Crippen LogP contribution in [0.3, 0.4) is 0 Å². The Morgan fingerprint density at radius 3 is 2.60 bits per heavy atom. The number of hydrogen-bond donors (Lipinski definition) is 2. The van der Waals surface area contributed by atoms with E-state index >= 15 is 0 Å². The van der Waals surface area contributed by atoms with Crippen LogP contribution in [0.1, 0.15) is 17.2 Å². The van der Waals surface area contributed by atoms with E-state index in [1.165, 1.54) is 18.2 Å². The molecule has 0 heterocycles. The molecule has 106 valence electrons. The maximum Gasteiger partial charge on any atom is 0.129 e. The number of nitrogens with two attached hydrogens (primary N) is 1. The van der Waals surface area contributed by atoms with Crippen LogP contribution in [-0.2, 0) is 6.42 Å². The van der Waals surface area contributed by atoms with Crippen LogP contribution in [0.4, 0.5) is 8.78 Å². The van der Waals surface area contributed by atoms with Crippen LogP contribution in [0.25, 0.3) is 0 Å². The van der Waals surface area contributed by atoms with E-state index in [9.17, 15) is 8.78 Å². The molecule has 2 rings (SSSR count). The van der Waals surface area contributed by atoms with Crippen molar-refractivity contribution in [3.05, 3.63) is 68.7 Å². The van der Waals surface area contributed by atoms with Gasteiger partial charge in [-0.2, -0.15) is 0 Å². The summed E-state index contributed by atoms with van der Waals surface area (Å²) in [6.45, 7) is 0. The summed E-state index contributed by atoms with van der Waals surface area (Å²) in [7, 11) is 0. The lowest BCUT2D eigenvalue weighted by Crippen LogP contribution is -2.30. The predicted octanol–water partition coefficient (Wildman–Crippen LogP) is 4.13. The molecule has 0 bridgehead atoms. The second kappa shape index (κ2) is 6.63. The van der Waals surface area contributed by atoms with Crippen molar-refractivity contribution in [1.82, 2.24) is 5.43 Å². The van der Waals surface area contributed by atoms with Crippen LogP contribution in [-0.4, -0.2) is 0 Å². The third-order valence-electron chi connectivity index (χ3n) is 2.97. The molecule has 3 N–H and O–H groups in total. The first-order valence-corrected chi connectivity index (χ1v) is 7.03. The summed E-state index contributed by atoms with van der Waals surface area (Å²) in [5.74, 6) is 4.69. The zero-order valence-corrected chi connectivity index (χ0v) is 12.7. The monoisotopic (exact) mass is 360 g/mol. The van der Waals surface area contributed by atoms with Gasteiger partial charge in [-0.05, 0) is 42.3 Å². The molecule has 0 radical (unpaired) electrons. The Morgan fingerprint density at radius 1 is 1.20 bits per heavy atom. The number of halogens is 4. The van der Waals surface area contributed by atoms with Crippen molar-refractivity contribution in [2.24, 2.45) is 5.84 Å². The molecule has 0 amide bonds. The molecule has 1 atom stereocenters. The average molecular weight is 362 g/mol. The summed E-state index contributed by atoms with van der Waals surface area (Å²) in [4.78, 5) is 0. The van der Waals surface area contributed by atoms with Gasteiger partial charge in [0.2, 0.25) is 0 Å². The molecule has 0 aliphatic rings. The first-order valence-electron chi connectivity index (χ1n) is 5.86. The highest BCUT2D eigenvalue weighted by Gasteiger charge is 2.17. The van der Waals surface area contributed by atoms with E-state index < -0.39 is 11.9 Å². The number of hydrogen-bond acceptors (Lipinski definition) is 2. The molecule has 2 aromatic carbocycles. The van der Waals surface area contributed by atoms with Crippen LogP contribution in [0, 0.1) is 11.6 Å². The third-order valence-corrected chi connectivity index (χ3v) is 3.98. The van der Waals surface area contributed by atoms with E-state index in [2.05, 4.69) is 21.4 Å². The summed E-state index contributed by atoms with van der Waals surface area (Å²) in [5.41, 5.74) is 3.63. The summed E-state index contributed by atoms with van der Waals surface area (Å²) in [5, 5.41) is 0.314. The van der Waals surface area contributed by atoms with Gasteiger partial charge in [0.25, 0.3) is 0 Å². The Morgan fingerprint density at radius 2 is 1.95 bits per heavy atom. The second-order valence-corrected chi connectivity index (χ2v) is 5.62. The fourth-order valence-electron chi connectivity index (χ4n) is 1.96. The van der Waals surface area contributed by atoms with Crippen LogP contribution >= 0.6 is 27.5 Å². The molecule has 2 aromatic rings. The standard InChI is InChI=1S/C14H12BrClF2N2/c15-12-4-2-10(17)5-8(12)6-14(20-19)11-3-1-9(16)7-13(11)18/h1-5,7,14,20H,6,19H2. The molecule has 6 heteroatoms. The van der Waals surface area contributed by atoms with Crippen molar-refractivity contribution in [3.63, 3.8) is 0 Å². The minimum Gasteiger partial charge on any atom is -0.271 e. The lowest BCUT2D eigenvalue weighted by Gasteiger charge is -2.18. The van der Waals surface area contributed by atoms with Crippen molar-refractivity contribution in [2.75, 3.05) is 0 Å². The Bertz CT molecular complexity index is 622. The normalized spacial score (nSPS) is 12.4. The van der Waals surface area contributed by atoms with E-state index in [1.807, 2.05) is 0 Å². The van der Waals surface area contributed by atoms with Crippen LogP contribution in [0.15, 0.2) is 40.9 Å². The molecule has 0 aromatic heterocycles. The molecule has 20 heavy (non-hydrogen) atoms. The molecule has 0 aliphatic carbocycles. The van der Waals surface area contributed by atoms with Crippen molar-refractivity contribution >= 4 is 27.5 Å². The van der Waals surface area contributed by atoms with E-state index in [0.717, 1.165) is 4.47 Å². The Balaban J connectivity index is 2.31. The molecule has 0 fully saturated rings. The first-order chi connectivity index (χ1) is 9.51. The van der Waals surface area contributed by atoms with Gasteiger partial charge in [-0.15, -0.1) is 0 Å². The quantitative estimate of drug-likeness (QED) is 0.635. The van der Waals surface area contributed by atoms with E-state index in [0.29, 0.717) is 22.6 Å². The third kappa shape index (κ3) is 3.55. The van der Waals surface area contributed by atoms with Crippen molar-refractivity contribution in [1.29, 1.82) is 0 Å². The zero-order valence-electron chi connectivity index (χ0n) is 10.3. The number of rotatable bonds is 4. The van der Waals surface area contributed by atoms with Crippen molar-refractivity contribution in [2.45, 2.75) is 12.5 Å². The average Bonchev–Trinajstić information content (AvgIpc) is 2.40. The molecule has 2 nitrogen and oxygen atoms in total. The van der Waals surface area contributed by atoms with Crippen LogP contribution in [0.2, 0.25) is 5.02 Å². The molecule has 0 aliphatic heterocycles. The number of benzene rings is 2. The summed E-state index contributed by atoms with van der Waals surface area (Å²) >= 11 is 9.06. The van der Waals surface area contributed by atoms with Gasteiger partial charge in [0.1, 0.15) is 11.6 Å². The number of nitrogens with one attached hydrogen (secondary N) is 1. The van der Waals surface area contributed by atoms with Gasteiger partial charge in [0.15, 0.2) is 0 Å². The highest BCUT2D eigenvalue weighted by molar-refractivity contribution is 9.10. The van der Waals surface area contributed by atoms with Gasteiger partial charge in [-0.3, -0.25) is 11.3 Å². The zero-order chi connectivity index (χ0) is 14.7. The van der Waals surface area contributed by atoms with E-state index in [4.69, 9.17) is 17.4 Å². The molecular formula is C14H12BrClF2N2. The van der Waals surface area contributed by atoms with Gasteiger partial charge in [-0.1, -0.05) is 33.6 Å². The maximum atomic E-state index is 13.9. The highest BCUT2D eigenvalue weighted by Crippen LogP contribution is 2.27. The van der Waals surface area contributed by atoms with Crippen molar-refractivity contribution < 1.29 is 8.78 Å². The molecule has 1 unspecified atom stereocenters. The highest BCUT2D eigenvalue weighted by atomic mass is 79.9. The molecule has 0 spiro atoms. The second-order valence-electron chi connectivity index (χ2n) is 4.32. The van der Waals surface area contributed by atoms with E-state index in [1.54, 1.807) is 18.2 Å². The van der Waals surface area contributed by atoms with Crippen LogP contribution < -0.4 is 11.3 Å². The van der Waals surface area contributed by atoms with Gasteiger partial charge < -0.3 is 0 Å². The minimum atomic E-state index is -0.481. The lowest BCUT2D eigenvalue weighted by atomic mass is 9.99. The van der Waals surface area contributed by atoms with Gasteiger partial charge in [0.05, 0.1) is 6.04 Å². The lowest BCUT2D eigenvalue weighted by molar-refractivity contribution is 0.508. The summed E-state index contributed by atoms with van der Waals surface area (Å²) in [6.07, 6.45) is 0.341. The van der Waals surface area contributed by atoms with Gasteiger partial charge in [-0.25, -0.2) is 8.78 Å². The molecule has 0 saturated carbocycles.